The van der Waals surface area contributed by atoms with E-state index in [0.717, 1.165) is 11.3 Å². The minimum atomic E-state index is -0.128. The molecule has 0 aliphatic heterocycles. The smallest absolute Gasteiger partial charge is 0.252 e. The molecule has 0 fully saturated rings. The van der Waals surface area contributed by atoms with Crippen LogP contribution in [0.15, 0.2) is 49.1 Å². The van der Waals surface area contributed by atoms with E-state index >= 15 is 0 Å². The molecule has 3 rings (SSSR count). The molecule has 0 aliphatic rings. The van der Waals surface area contributed by atoms with Gasteiger partial charge in [-0.1, -0.05) is 18.2 Å². The van der Waals surface area contributed by atoms with Gasteiger partial charge in [-0.2, -0.15) is 10.4 Å². The van der Waals surface area contributed by atoms with Gasteiger partial charge in [0, 0.05) is 25.4 Å². The van der Waals surface area contributed by atoms with Crippen molar-refractivity contribution >= 4 is 5.91 Å². The second kappa shape index (κ2) is 6.75. The largest absolute Gasteiger partial charge is 0.340 e. The Morgan fingerprint density at radius 1 is 1.33 bits per heavy atom. The van der Waals surface area contributed by atoms with E-state index in [2.05, 4.69) is 15.2 Å². The van der Waals surface area contributed by atoms with Crippen LogP contribution in [0.25, 0.3) is 5.69 Å². The normalized spacial score (nSPS) is 10.3. The molecule has 0 bridgehead atoms. The van der Waals surface area contributed by atoms with Crippen molar-refractivity contribution in [3.05, 3.63) is 60.4 Å². The third kappa shape index (κ3) is 3.47. The average Bonchev–Trinajstić information content (AvgIpc) is 3.25. The summed E-state index contributed by atoms with van der Waals surface area (Å²) in [7, 11) is 1.71. The van der Waals surface area contributed by atoms with Crippen molar-refractivity contribution in [2.45, 2.75) is 13.1 Å². The summed E-state index contributed by atoms with van der Waals surface area (Å²) in [4.78, 5) is 17.6. The minimum absolute atomic E-state index is 0.0397. The van der Waals surface area contributed by atoms with E-state index in [1.807, 2.05) is 42.6 Å². The Kier molecular flexibility index (Phi) is 4.34. The van der Waals surface area contributed by atoms with E-state index in [0.29, 0.717) is 6.54 Å². The maximum absolute atomic E-state index is 12.2. The summed E-state index contributed by atoms with van der Waals surface area (Å²) in [5, 5.41) is 16.9. The van der Waals surface area contributed by atoms with Crippen LogP contribution >= 0.6 is 0 Å². The molecule has 2 heterocycles. The van der Waals surface area contributed by atoms with Crippen molar-refractivity contribution in [2.24, 2.45) is 0 Å². The van der Waals surface area contributed by atoms with Crippen molar-refractivity contribution in [2.75, 3.05) is 7.05 Å². The Bertz CT molecular complexity index is 875. The summed E-state index contributed by atoms with van der Waals surface area (Å²) in [5.41, 5.74) is 1.88. The number of hydrogen-bond acceptors (Lipinski definition) is 5. The lowest BCUT2D eigenvalue weighted by Crippen LogP contribution is -2.29. The van der Waals surface area contributed by atoms with Crippen molar-refractivity contribution in [3.63, 3.8) is 0 Å². The SMILES string of the molecule is CN(Cc1cnn(-c2ccccc2)c1)C(=O)Cn1cnc(C#N)n1. The highest BCUT2D eigenvalue weighted by Crippen LogP contribution is 2.09. The standard InChI is InChI=1S/C16H15N7O/c1-21(16(24)11-22-12-18-15(7-17)20-22)9-13-8-19-23(10-13)14-5-3-2-4-6-14/h2-6,8,10,12H,9,11H2,1H3. The van der Waals surface area contributed by atoms with Gasteiger partial charge in [-0.25, -0.2) is 14.3 Å². The maximum Gasteiger partial charge on any atom is 0.252 e. The Morgan fingerprint density at radius 2 is 2.12 bits per heavy atom. The first-order valence-corrected chi connectivity index (χ1v) is 7.28. The number of aromatic nitrogens is 5. The number of benzene rings is 1. The lowest BCUT2D eigenvalue weighted by Gasteiger charge is -2.15. The first kappa shape index (κ1) is 15.4. The number of para-hydroxylation sites is 1. The highest BCUT2D eigenvalue weighted by Gasteiger charge is 2.12. The summed E-state index contributed by atoms with van der Waals surface area (Å²) in [5.74, 6) is -0.0774. The summed E-state index contributed by atoms with van der Waals surface area (Å²) in [6.45, 7) is 0.476. The molecule has 0 aliphatic carbocycles. The minimum Gasteiger partial charge on any atom is -0.340 e. The fourth-order valence-corrected chi connectivity index (χ4v) is 2.21. The number of carbonyl (C=O) groups excluding carboxylic acids is 1. The molecule has 0 saturated heterocycles. The molecule has 1 amide bonds. The predicted molar refractivity (Wildman–Crippen MR) is 84.8 cm³/mol. The van der Waals surface area contributed by atoms with E-state index in [1.54, 1.807) is 22.8 Å². The fourth-order valence-electron chi connectivity index (χ4n) is 2.21. The topological polar surface area (TPSA) is 92.6 Å². The molecule has 3 aromatic rings. The van der Waals surface area contributed by atoms with Crippen molar-refractivity contribution < 1.29 is 4.79 Å². The molecule has 0 unspecified atom stereocenters. The van der Waals surface area contributed by atoms with Crippen LogP contribution in [-0.4, -0.2) is 42.4 Å². The van der Waals surface area contributed by atoms with Crippen LogP contribution in [0.5, 0.6) is 0 Å². The molecule has 2 aromatic heterocycles. The molecule has 8 heteroatoms. The zero-order valence-electron chi connectivity index (χ0n) is 13.1. The van der Waals surface area contributed by atoms with Crippen LogP contribution in [0, 0.1) is 11.3 Å². The molecule has 0 radical (unpaired) electrons. The molecule has 120 valence electrons. The van der Waals surface area contributed by atoms with Gasteiger partial charge in [0.05, 0.1) is 11.9 Å². The lowest BCUT2D eigenvalue weighted by atomic mass is 10.3. The van der Waals surface area contributed by atoms with E-state index in [4.69, 9.17) is 5.26 Å². The van der Waals surface area contributed by atoms with Crippen molar-refractivity contribution in [1.29, 1.82) is 5.26 Å². The molecule has 8 nitrogen and oxygen atoms in total. The van der Waals surface area contributed by atoms with Gasteiger partial charge in [0.2, 0.25) is 5.91 Å². The first-order valence-electron chi connectivity index (χ1n) is 7.28. The van der Waals surface area contributed by atoms with Gasteiger partial charge in [0.15, 0.2) is 0 Å². The zero-order valence-corrected chi connectivity index (χ0v) is 13.1. The van der Waals surface area contributed by atoms with E-state index in [1.165, 1.54) is 11.0 Å². The van der Waals surface area contributed by atoms with Gasteiger partial charge < -0.3 is 4.90 Å². The average molecular weight is 321 g/mol. The quantitative estimate of drug-likeness (QED) is 0.699. The van der Waals surface area contributed by atoms with Crippen LogP contribution in [0.1, 0.15) is 11.4 Å². The van der Waals surface area contributed by atoms with Crippen LogP contribution < -0.4 is 0 Å². The van der Waals surface area contributed by atoms with Crippen molar-refractivity contribution in [1.82, 2.24) is 29.4 Å². The van der Waals surface area contributed by atoms with Crippen LogP contribution in [0.4, 0.5) is 0 Å². The first-order chi connectivity index (χ1) is 11.7. The Hall–Kier alpha value is -3.47. The summed E-state index contributed by atoms with van der Waals surface area (Å²) in [6.07, 6.45) is 5.00. The number of nitriles is 1. The zero-order chi connectivity index (χ0) is 16.9. The third-order valence-electron chi connectivity index (χ3n) is 3.44. The predicted octanol–water partition coefficient (Wildman–Crippen LogP) is 0.994. The van der Waals surface area contributed by atoms with Gasteiger partial charge in [0.1, 0.15) is 18.9 Å². The van der Waals surface area contributed by atoms with Crippen LogP contribution in [0.3, 0.4) is 0 Å². The van der Waals surface area contributed by atoms with Crippen LogP contribution in [0.2, 0.25) is 0 Å². The highest BCUT2D eigenvalue weighted by molar-refractivity contribution is 5.75. The number of hydrogen-bond donors (Lipinski definition) is 0. The molecular formula is C16H15N7O. The molecule has 0 saturated carbocycles. The van der Waals surface area contributed by atoms with Gasteiger partial charge in [-0.3, -0.25) is 4.79 Å². The number of carbonyl (C=O) groups is 1. The second-order valence-corrected chi connectivity index (χ2v) is 5.26. The maximum atomic E-state index is 12.2. The molecule has 0 atom stereocenters. The molecule has 0 spiro atoms. The van der Waals surface area contributed by atoms with Crippen molar-refractivity contribution in [3.8, 4) is 11.8 Å². The third-order valence-corrected chi connectivity index (χ3v) is 3.44. The van der Waals surface area contributed by atoms with Gasteiger partial charge in [0.25, 0.3) is 5.82 Å². The van der Waals surface area contributed by atoms with E-state index in [-0.39, 0.29) is 18.3 Å². The summed E-state index contributed by atoms with van der Waals surface area (Å²) >= 11 is 0. The monoisotopic (exact) mass is 321 g/mol. The molecule has 24 heavy (non-hydrogen) atoms. The number of amides is 1. The van der Waals surface area contributed by atoms with Gasteiger partial charge in [-0.15, -0.1) is 5.10 Å². The van der Waals surface area contributed by atoms with E-state index in [9.17, 15) is 4.79 Å². The highest BCUT2D eigenvalue weighted by atomic mass is 16.2. The molecule has 0 N–H and O–H groups in total. The fraction of sp³-hybridized carbons (Fsp3) is 0.188. The molecule has 1 aromatic carbocycles. The Morgan fingerprint density at radius 3 is 2.83 bits per heavy atom. The Balaban J connectivity index is 1.62. The number of likely N-dealkylation sites (N-methyl/N-ethyl adjacent to an activating group) is 1. The van der Waals surface area contributed by atoms with Crippen LogP contribution in [-0.2, 0) is 17.9 Å². The van der Waals surface area contributed by atoms with Gasteiger partial charge >= 0.3 is 0 Å². The lowest BCUT2D eigenvalue weighted by molar-refractivity contribution is -0.131. The van der Waals surface area contributed by atoms with E-state index < -0.39 is 0 Å². The second-order valence-electron chi connectivity index (χ2n) is 5.26. The number of nitrogens with zero attached hydrogens (tertiary/aromatic N) is 7. The Labute approximate surface area is 138 Å². The molecular weight excluding hydrogens is 306 g/mol. The number of rotatable bonds is 5. The summed E-state index contributed by atoms with van der Waals surface area (Å²) in [6, 6.07) is 11.6. The van der Waals surface area contributed by atoms with Gasteiger partial charge in [-0.05, 0) is 12.1 Å². The summed E-state index contributed by atoms with van der Waals surface area (Å²) < 4.78 is 3.12.